The van der Waals surface area contributed by atoms with E-state index in [-0.39, 0.29) is 0 Å². The van der Waals surface area contributed by atoms with Crippen LogP contribution in [0.5, 0.6) is 0 Å². The van der Waals surface area contributed by atoms with Crippen LogP contribution in [-0.4, -0.2) is 24.4 Å². The zero-order chi connectivity index (χ0) is 14.5. The van der Waals surface area contributed by atoms with Gasteiger partial charge in [0, 0.05) is 13.1 Å². The molecule has 2 atom stereocenters. The number of rotatable bonds is 13. The molecule has 0 fully saturated rings. The average Bonchev–Trinajstić information content (AvgIpc) is 2.45. The molecule has 0 saturated heterocycles. The lowest BCUT2D eigenvalue weighted by Gasteiger charge is -2.27. The minimum Gasteiger partial charge on any atom is -0.345 e. The molecule has 0 aromatic carbocycles. The second-order valence-corrected chi connectivity index (χ2v) is 5.89. The van der Waals surface area contributed by atoms with E-state index in [2.05, 4.69) is 27.7 Å². The van der Waals surface area contributed by atoms with E-state index in [1.165, 1.54) is 51.4 Å². The zero-order valence-electron chi connectivity index (χ0n) is 13.7. The molecule has 0 heterocycles. The summed E-state index contributed by atoms with van der Waals surface area (Å²) >= 11 is 0. The van der Waals surface area contributed by atoms with Crippen molar-refractivity contribution in [3.63, 3.8) is 0 Å². The molecule has 2 unspecified atom stereocenters. The maximum absolute atomic E-state index is 11.3. The highest BCUT2D eigenvalue weighted by molar-refractivity contribution is 5.46. The summed E-state index contributed by atoms with van der Waals surface area (Å²) in [7, 11) is 0. The zero-order valence-corrected chi connectivity index (χ0v) is 13.7. The summed E-state index contributed by atoms with van der Waals surface area (Å²) in [5, 5.41) is 0. The van der Waals surface area contributed by atoms with Crippen molar-refractivity contribution in [1.29, 1.82) is 0 Å². The van der Waals surface area contributed by atoms with E-state index < -0.39 is 0 Å². The molecule has 0 aliphatic heterocycles. The highest BCUT2D eigenvalue weighted by Crippen LogP contribution is 2.17. The summed E-state index contributed by atoms with van der Waals surface area (Å²) in [5.74, 6) is 1.38. The summed E-state index contributed by atoms with van der Waals surface area (Å²) in [6.07, 6.45) is 11.1. The summed E-state index contributed by atoms with van der Waals surface area (Å²) in [6.45, 7) is 10.9. The van der Waals surface area contributed by atoms with Gasteiger partial charge in [-0.3, -0.25) is 4.79 Å². The van der Waals surface area contributed by atoms with Gasteiger partial charge in [0.2, 0.25) is 6.41 Å². The van der Waals surface area contributed by atoms with Crippen LogP contribution >= 0.6 is 0 Å². The van der Waals surface area contributed by atoms with Crippen molar-refractivity contribution in [3.8, 4) is 0 Å². The first kappa shape index (κ1) is 18.5. The van der Waals surface area contributed by atoms with Gasteiger partial charge in [-0.25, -0.2) is 0 Å². The standard InChI is InChI=1S/C17H35NO/c1-5-9-11-16(7-3)13-18(15-19)14-17(8-4)12-10-6-2/h15-17H,5-14H2,1-4H3. The number of amides is 1. The van der Waals surface area contributed by atoms with Crippen molar-refractivity contribution in [2.45, 2.75) is 79.1 Å². The van der Waals surface area contributed by atoms with Crippen molar-refractivity contribution in [2.75, 3.05) is 13.1 Å². The van der Waals surface area contributed by atoms with E-state index in [1.54, 1.807) is 0 Å². The third-order valence-electron chi connectivity index (χ3n) is 4.22. The van der Waals surface area contributed by atoms with Gasteiger partial charge in [-0.1, -0.05) is 66.2 Å². The first-order chi connectivity index (χ1) is 9.21. The van der Waals surface area contributed by atoms with E-state index in [4.69, 9.17) is 0 Å². The number of carbonyl (C=O) groups excluding carboxylic acids is 1. The van der Waals surface area contributed by atoms with Gasteiger partial charge in [0.1, 0.15) is 0 Å². The fourth-order valence-electron chi connectivity index (χ4n) is 2.66. The average molecular weight is 269 g/mol. The van der Waals surface area contributed by atoms with Crippen LogP contribution in [0.1, 0.15) is 79.1 Å². The second-order valence-electron chi connectivity index (χ2n) is 5.89. The molecule has 0 rings (SSSR count). The predicted molar refractivity (Wildman–Crippen MR) is 84.2 cm³/mol. The lowest BCUT2D eigenvalue weighted by Crippen LogP contribution is -2.32. The summed E-state index contributed by atoms with van der Waals surface area (Å²) in [6, 6.07) is 0. The number of nitrogens with zero attached hydrogens (tertiary/aromatic N) is 1. The van der Waals surface area contributed by atoms with Gasteiger partial charge in [-0.2, -0.15) is 0 Å². The highest BCUT2D eigenvalue weighted by Gasteiger charge is 2.15. The Hall–Kier alpha value is -0.530. The predicted octanol–water partition coefficient (Wildman–Crippen LogP) is 4.88. The van der Waals surface area contributed by atoms with Gasteiger partial charge in [0.15, 0.2) is 0 Å². The maximum Gasteiger partial charge on any atom is 0.209 e. The van der Waals surface area contributed by atoms with Crippen molar-refractivity contribution in [1.82, 2.24) is 4.90 Å². The Morgan fingerprint density at radius 1 is 0.842 bits per heavy atom. The van der Waals surface area contributed by atoms with Gasteiger partial charge >= 0.3 is 0 Å². The lowest BCUT2D eigenvalue weighted by atomic mass is 9.96. The smallest absolute Gasteiger partial charge is 0.209 e. The monoisotopic (exact) mass is 269 g/mol. The van der Waals surface area contributed by atoms with Crippen LogP contribution in [0.25, 0.3) is 0 Å². The summed E-state index contributed by atoms with van der Waals surface area (Å²) in [4.78, 5) is 13.3. The van der Waals surface area contributed by atoms with Gasteiger partial charge in [-0.05, 0) is 24.7 Å². The number of hydrogen-bond acceptors (Lipinski definition) is 1. The SMILES string of the molecule is CCCCC(CC)CN(C=O)CC(CC)CCCC. The molecule has 0 aliphatic rings. The van der Waals surface area contributed by atoms with Gasteiger partial charge in [0.25, 0.3) is 0 Å². The van der Waals surface area contributed by atoms with Gasteiger partial charge in [0.05, 0.1) is 0 Å². The molecule has 0 N–H and O–H groups in total. The Bertz CT molecular complexity index is 187. The summed E-state index contributed by atoms with van der Waals surface area (Å²) < 4.78 is 0. The number of unbranched alkanes of at least 4 members (excludes halogenated alkanes) is 2. The molecule has 2 nitrogen and oxygen atoms in total. The Balaban J connectivity index is 4.18. The Morgan fingerprint density at radius 3 is 1.53 bits per heavy atom. The molecule has 0 aromatic heterocycles. The van der Waals surface area contributed by atoms with Crippen molar-refractivity contribution >= 4 is 6.41 Å². The van der Waals surface area contributed by atoms with Crippen LogP contribution in [0.15, 0.2) is 0 Å². The first-order valence-corrected chi connectivity index (χ1v) is 8.40. The molecule has 1 amide bonds. The fourth-order valence-corrected chi connectivity index (χ4v) is 2.66. The largest absolute Gasteiger partial charge is 0.345 e. The molecule has 0 bridgehead atoms. The topological polar surface area (TPSA) is 20.3 Å². The van der Waals surface area contributed by atoms with Crippen molar-refractivity contribution in [3.05, 3.63) is 0 Å². The molecule has 0 radical (unpaired) electrons. The second kappa shape index (κ2) is 12.5. The first-order valence-electron chi connectivity index (χ1n) is 8.40. The normalized spacial score (nSPS) is 14.1. The van der Waals surface area contributed by atoms with Crippen LogP contribution in [0, 0.1) is 11.8 Å². The molecular weight excluding hydrogens is 234 g/mol. The lowest BCUT2D eigenvalue weighted by molar-refractivity contribution is -0.119. The van der Waals surface area contributed by atoms with Gasteiger partial charge in [-0.15, -0.1) is 0 Å². The van der Waals surface area contributed by atoms with Crippen LogP contribution in [0.3, 0.4) is 0 Å². The van der Waals surface area contributed by atoms with Crippen LogP contribution < -0.4 is 0 Å². The third-order valence-corrected chi connectivity index (χ3v) is 4.22. The molecular formula is C17H35NO. The number of carbonyl (C=O) groups is 1. The molecule has 2 heteroatoms. The fraction of sp³-hybridized carbons (Fsp3) is 0.941. The molecule has 0 aromatic rings. The van der Waals surface area contributed by atoms with E-state index in [1.807, 2.05) is 4.90 Å². The molecule has 0 spiro atoms. The molecule has 19 heavy (non-hydrogen) atoms. The van der Waals surface area contributed by atoms with Crippen LogP contribution in [-0.2, 0) is 4.79 Å². The minimum absolute atomic E-state index is 0.689. The Morgan fingerprint density at radius 2 is 1.26 bits per heavy atom. The number of hydrogen-bond donors (Lipinski definition) is 0. The quantitative estimate of drug-likeness (QED) is 0.436. The minimum atomic E-state index is 0.689. The Labute approximate surface area is 120 Å². The molecule has 0 saturated carbocycles. The van der Waals surface area contributed by atoms with Crippen LogP contribution in [0.2, 0.25) is 0 Å². The van der Waals surface area contributed by atoms with E-state index in [0.29, 0.717) is 11.8 Å². The molecule has 114 valence electrons. The summed E-state index contributed by atoms with van der Waals surface area (Å²) in [5.41, 5.74) is 0. The highest BCUT2D eigenvalue weighted by atomic mass is 16.1. The van der Waals surface area contributed by atoms with Crippen molar-refractivity contribution < 1.29 is 4.79 Å². The molecule has 0 aliphatic carbocycles. The van der Waals surface area contributed by atoms with Crippen LogP contribution in [0.4, 0.5) is 0 Å². The Kier molecular flexibility index (Phi) is 12.2. The van der Waals surface area contributed by atoms with Crippen molar-refractivity contribution in [2.24, 2.45) is 11.8 Å². The maximum atomic E-state index is 11.3. The van der Waals surface area contributed by atoms with E-state index in [0.717, 1.165) is 19.5 Å². The third kappa shape index (κ3) is 9.07. The van der Waals surface area contributed by atoms with E-state index >= 15 is 0 Å². The van der Waals surface area contributed by atoms with Gasteiger partial charge < -0.3 is 4.90 Å². The van der Waals surface area contributed by atoms with E-state index in [9.17, 15) is 4.79 Å².